The molecule has 0 atom stereocenters. The predicted octanol–water partition coefficient (Wildman–Crippen LogP) is 4.33. The highest BCUT2D eigenvalue weighted by Gasteiger charge is 2.29. The number of amides is 1. The molecule has 3 aromatic rings. The van der Waals surface area contributed by atoms with Gasteiger partial charge in [0.1, 0.15) is 11.4 Å². The Hall–Kier alpha value is -3.49. The number of pyridine rings is 1. The summed E-state index contributed by atoms with van der Waals surface area (Å²) >= 11 is 0. The molecule has 0 N–H and O–H groups in total. The standard InChI is InChI=1S/C26H35N5O4/c1-26(2,3)35-25(32)29(4)19-11-13-30(14-12-19)20-15-22-23(27-16-20)31(28-24(22)34-6)17-18-7-9-21(33-5)10-8-18/h7-10,15-16,19H,11-14,17H2,1-6H3. The monoisotopic (exact) mass is 481 g/mol. The van der Waals surface area contributed by atoms with E-state index in [9.17, 15) is 4.79 Å². The van der Waals surface area contributed by atoms with E-state index in [2.05, 4.69) is 16.1 Å². The number of carbonyl (C=O) groups is 1. The van der Waals surface area contributed by atoms with Gasteiger partial charge < -0.3 is 24.0 Å². The molecule has 1 saturated heterocycles. The van der Waals surface area contributed by atoms with Crippen molar-refractivity contribution in [1.82, 2.24) is 19.7 Å². The van der Waals surface area contributed by atoms with E-state index >= 15 is 0 Å². The van der Waals surface area contributed by atoms with Crippen LogP contribution < -0.4 is 14.4 Å². The second-order valence-corrected chi connectivity index (χ2v) is 9.89. The van der Waals surface area contributed by atoms with Gasteiger partial charge in [-0.1, -0.05) is 12.1 Å². The zero-order valence-corrected chi connectivity index (χ0v) is 21.4. The van der Waals surface area contributed by atoms with E-state index in [0.717, 1.165) is 54.0 Å². The molecule has 0 bridgehead atoms. The molecule has 2 aromatic heterocycles. The van der Waals surface area contributed by atoms with Crippen LogP contribution in [0, 0.1) is 0 Å². The smallest absolute Gasteiger partial charge is 0.410 e. The van der Waals surface area contributed by atoms with Gasteiger partial charge in [0.05, 0.1) is 38.0 Å². The van der Waals surface area contributed by atoms with Crippen molar-refractivity contribution in [3.8, 4) is 11.6 Å². The number of ether oxygens (including phenoxy) is 3. The first-order valence-electron chi connectivity index (χ1n) is 11.9. The van der Waals surface area contributed by atoms with Crippen molar-refractivity contribution in [2.45, 2.75) is 51.8 Å². The number of hydrogen-bond donors (Lipinski definition) is 0. The van der Waals surface area contributed by atoms with E-state index in [-0.39, 0.29) is 12.1 Å². The highest BCUT2D eigenvalue weighted by molar-refractivity contribution is 5.84. The molecule has 9 heteroatoms. The van der Waals surface area contributed by atoms with Gasteiger partial charge in [0.2, 0.25) is 5.88 Å². The molecule has 188 valence electrons. The largest absolute Gasteiger partial charge is 0.497 e. The Morgan fingerprint density at radius 1 is 1.11 bits per heavy atom. The molecule has 1 fully saturated rings. The highest BCUT2D eigenvalue weighted by Crippen LogP contribution is 2.30. The molecule has 1 amide bonds. The van der Waals surface area contributed by atoms with Crippen LogP contribution in [-0.4, -0.2) is 71.8 Å². The maximum Gasteiger partial charge on any atom is 0.410 e. The summed E-state index contributed by atoms with van der Waals surface area (Å²) in [6.07, 6.45) is 3.35. The number of benzene rings is 1. The van der Waals surface area contributed by atoms with E-state index in [4.69, 9.17) is 19.2 Å². The molecule has 0 spiro atoms. The Labute approximate surface area is 206 Å². The fraction of sp³-hybridized carbons (Fsp3) is 0.500. The van der Waals surface area contributed by atoms with E-state index in [0.29, 0.717) is 12.4 Å². The summed E-state index contributed by atoms with van der Waals surface area (Å²) in [4.78, 5) is 21.2. The van der Waals surface area contributed by atoms with Gasteiger partial charge in [-0.05, 0) is 57.4 Å². The van der Waals surface area contributed by atoms with Gasteiger partial charge in [0, 0.05) is 26.2 Å². The predicted molar refractivity (Wildman–Crippen MR) is 135 cm³/mol. The summed E-state index contributed by atoms with van der Waals surface area (Å²) in [5.74, 6) is 1.38. The lowest BCUT2D eigenvalue weighted by molar-refractivity contribution is 0.0201. The molecule has 0 unspecified atom stereocenters. The minimum absolute atomic E-state index is 0.152. The van der Waals surface area contributed by atoms with Crippen LogP contribution in [0.2, 0.25) is 0 Å². The average Bonchev–Trinajstić information content (AvgIpc) is 3.19. The lowest BCUT2D eigenvalue weighted by atomic mass is 10.0. The third-order valence-corrected chi connectivity index (χ3v) is 6.28. The zero-order valence-electron chi connectivity index (χ0n) is 21.4. The number of hydrogen-bond acceptors (Lipinski definition) is 7. The molecular formula is C26H35N5O4. The van der Waals surface area contributed by atoms with Gasteiger partial charge in [0.15, 0.2) is 5.65 Å². The minimum Gasteiger partial charge on any atom is -0.497 e. The number of aromatic nitrogens is 3. The number of anilines is 1. The normalized spacial score (nSPS) is 14.7. The lowest BCUT2D eigenvalue weighted by Crippen LogP contribution is -2.47. The first kappa shape index (κ1) is 24.6. The van der Waals surface area contributed by atoms with E-state index in [1.54, 1.807) is 19.1 Å². The molecule has 3 heterocycles. The number of carbonyl (C=O) groups excluding carboxylic acids is 1. The Balaban J connectivity index is 1.46. The van der Waals surface area contributed by atoms with E-state index in [1.807, 2.05) is 63.0 Å². The second-order valence-electron chi connectivity index (χ2n) is 9.89. The fourth-order valence-electron chi connectivity index (χ4n) is 4.35. The number of piperidine rings is 1. The van der Waals surface area contributed by atoms with E-state index in [1.165, 1.54) is 0 Å². The Morgan fingerprint density at radius 2 is 1.80 bits per heavy atom. The van der Waals surface area contributed by atoms with Crippen LogP contribution in [0.15, 0.2) is 36.5 Å². The summed E-state index contributed by atoms with van der Waals surface area (Å²) < 4.78 is 18.2. The topological polar surface area (TPSA) is 82.0 Å². The first-order valence-corrected chi connectivity index (χ1v) is 11.9. The van der Waals surface area contributed by atoms with Gasteiger partial charge in [-0.25, -0.2) is 14.5 Å². The molecule has 1 aliphatic heterocycles. The third-order valence-electron chi connectivity index (χ3n) is 6.28. The molecular weight excluding hydrogens is 446 g/mol. The summed E-state index contributed by atoms with van der Waals surface area (Å²) in [6, 6.07) is 10.2. The van der Waals surface area contributed by atoms with Gasteiger partial charge in [-0.15, -0.1) is 5.10 Å². The summed E-state index contributed by atoms with van der Waals surface area (Å²) in [5.41, 5.74) is 2.41. The summed E-state index contributed by atoms with van der Waals surface area (Å²) in [7, 11) is 5.11. The second kappa shape index (κ2) is 10.0. The average molecular weight is 482 g/mol. The fourth-order valence-corrected chi connectivity index (χ4v) is 4.35. The van der Waals surface area contributed by atoms with Crippen molar-refractivity contribution in [3.05, 3.63) is 42.1 Å². The van der Waals surface area contributed by atoms with Gasteiger partial charge in [-0.3, -0.25) is 0 Å². The number of fused-ring (bicyclic) bond motifs is 1. The first-order chi connectivity index (χ1) is 16.7. The Morgan fingerprint density at radius 3 is 2.40 bits per heavy atom. The molecule has 0 saturated carbocycles. The van der Waals surface area contributed by atoms with Crippen LogP contribution in [-0.2, 0) is 11.3 Å². The van der Waals surface area contributed by atoms with Crippen molar-refractivity contribution in [2.75, 3.05) is 39.3 Å². The van der Waals surface area contributed by atoms with Gasteiger partial charge >= 0.3 is 6.09 Å². The molecule has 1 aromatic carbocycles. The quantitative estimate of drug-likeness (QED) is 0.518. The summed E-state index contributed by atoms with van der Waals surface area (Å²) in [6.45, 7) is 7.90. The molecule has 9 nitrogen and oxygen atoms in total. The maximum atomic E-state index is 12.4. The van der Waals surface area contributed by atoms with Crippen LogP contribution in [0.1, 0.15) is 39.2 Å². The van der Waals surface area contributed by atoms with Crippen LogP contribution in [0.4, 0.5) is 10.5 Å². The van der Waals surface area contributed by atoms with Crippen LogP contribution >= 0.6 is 0 Å². The Bertz CT molecular complexity index is 1160. The van der Waals surface area contributed by atoms with Crippen LogP contribution in [0.5, 0.6) is 11.6 Å². The lowest BCUT2D eigenvalue weighted by Gasteiger charge is -2.38. The van der Waals surface area contributed by atoms with Crippen molar-refractivity contribution in [1.29, 1.82) is 0 Å². The zero-order chi connectivity index (χ0) is 25.2. The third kappa shape index (κ3) is 5.61. The highest BCUT2D eigenvalue weighted by atomic mass is 16.6. The number of rotatable bonds is 6. The SMILES string of the molecule is COc1ccc(Cn2nc(OC)c3cc(N4CCC(N(C)C(=O)OC(C)(C)C)CC4)cnc32)cc1. The number of methoxy groups -OCH3 is 2. The molecule has 0 radical (unpaired) electrons. The van der Waals surface area contributed by atoms with Crippen LogP contribution in [0.3, 0.4) is 0 Å². The molecule has 35 heavy (non-hydrogen) atoms. The maximum absolute atomic E-state index is 12.4. The van der Waals surface area contributed by atoms with Crippen molar-refractivity contribution in [2.24, 2.45) is 0 Å². The van der Waals surface area contributed by atoms with Crippen LogP contribution in [0.25, 0.3) is 11.0 Å². The summed E-state index contributed by atoms with van der Waals surface area (Å²) in [5, 5.41) is 5.52. The molecule has 4 rings (SSSR count). The van der Waals surface area contributed by atoms with Crippen molar-refractivity contribution in [3.63, 3.8) is 0 Å². The number of nitrogens with zero attached hydrogens (tertiary/aromatic N) is 5. The van der Waals surface area contributed by atoms with E-state index < -0.39 is 5.60 Å². The van der Waals surface area contributed by atoms with Crippen molar-refractivity contribution >= 4 is 22.8 Å². The molecule has 0 aliphatic carbocycles. The minimum atomic E-state index is -0.496. The van der Waals surface area contributed by atoms with Crippen molar-refractivity contribution < 1.29 is 19.0 Å². The molecule has 1 aliphatic rings. The van der Waals surface area contributed by atoms with Gasteiger partial charge in [-0.2, -0.15) is 0 Å². The Kier molecular flexibility index (Phi) is 7.05. The van der Waals surface area contributed by atoms with Gasteiger partial charge in [0.25, 0.3) is 0 Å².